The van der Waals surface area contributed by atoms with Gasteiger partial charge in [0.2, 0.25) is 0 Å². The Kier molecular flexibility index (Phi) is 6.27. The average Bonchev–Trinajstić information content (AvgIpc) is 2.68. The number of methoxy groups -OCH3 is 1. The third kappa shape index (κ3) is 5.33. The van der Waals surface area contributed by atoms with Gasteiger partial charge in [-0.05, 0) is 73.4 Å². The maximum atomic E-state index is 12.4. The van der Waals surface area contributed by atoms with Crippen LogP contribution >= 0.6 is 0 Å². The number of aromatic nitrogens is 1. The Morgan fingerprint density at radius 3 is 2.29 bits per heavy atom. The Labute approximate surface area is 165 Å². The van der Waals surface area contributed by atoms with Crippen LogP contribution in [0.3, 0.4) is 0 Å². The van der Waals surface area contributed by atoms with Gasteiger partial charge in [-0.15, -0.1) is 0 Å². The van der Waals surface area contributed by atoms with Gasteiger partial charge in [-0.2, -0.15) is 0 Å². The molecule has 3 rings (SSSR count). The molecule has 0 atom stereocenters. The maximum Gasteiger partial charge on any atom is 0.274 e. The molecule has 144 valence electrons. The van der Waals surface area contributed by atoms with E-state index < -0.39 is 0 Å². The van der Waals surface area contributed by atoms with Crippen molar-refractivity contribution in [2.24, 2.45) is 0 Å². The van der Waals surface area contributed by atoms with Gasteiger partial charge >= 0.3 is 0 Å². The van der Waals surface area contributed by atoms with Gasteiger partial charge in [0.1, 0.15) is 11.4 Å². The average molecular weight is 375 g/mol. The quantitative estimate of drug-likeness (QED) is 0.633. The van der Waals surface area contributed by atoms with Crippen LogP contribution in [-0.2, 0) is 6.42 Å². The Morgan fingerprint density at radius 1 is 0.964 bits per heavy atom. The first-order valence-electron chi connectivity index (χ1n) is 9.26. The fraction of sp³-hybridized carbons (Fsp3) is 0.217. The second-order valence-electron chi connectivity index (χ2n) is 6.79. The number of hydrogen-bond donors (Lipinski definition) is 2. The van der Waals surface area contributed by atoms with Crippen LogP contribution < -0.4 is 15.4 Å². The van der Waals surface area contributed by atoms with E-state index in [0.717, 1.165) is 41.2 Å². The van der Waals surface area contributed by atoms with Gasteiger partial charge in [0.15, 0.2) is 0 Å². The zero-order valence-corrected chi connectivity index (χ0v) is 16.5. The van der Waals surface area contributed by atoms with E-state index >= 15 is 0 Å². The fourth-order valence-electron chi connectivity index (χ4n) is 3.02. The first-order chi connectivity index (χ1) is 13.5. The van der Waals surface area contributed by atoms with Crippen LogP contribution in [0.1, 0.15) is 27.2 Å². The van der Waals surface area contributed by atoms with Crippen LogP contribution in [0.25, 0.3) is 0 Å². The molecule has 2 N–H and O–H groups in total. The molecule has 0 saturated heterocycles. The Balaban J connectivity index is 1.53. The Morgan fingerprint density at radius 2 is 1.68 bits per heavy atom. The molecular weight excluding hydrogens is 350 g/mol. The van der Waals surface area contributed by atoms with Crippen molar-refractivity contribution in [3.8, 4) is 5.75 Å². The predicted octanol–water partition coefficient (Wildman–Crippen LogP) is 4.61. The number of nitrogens with zero attached hydrogens (tertiary/aromatic N) is 1. The molecule has 0 aliphatic heterocycles. The molecule has 0 spiro atoms. The summed E-state index contributed by atoms with van der Waals surface area (Å²) in [7, 11) is 1.66. The number of carbonyl (C=O) groups is 1. The van der Waals surface area contributed by atoms with E-state index in [-0.39, 0.29) is 5.91 Å². The van der Waals surface area contributed by atoms with Crippen molar-refractivity contribution in [2.75, 3.05) is 24.3 Å². The molecule has 0 bridgehead atoms. The third-order valence-electron chi connectivity index (χ3n) is 4.38. The van der Waals surface area contributed by atoms with Crippen molar-refractivity contribution in [3.63, 3.8) is 0 Å². The summed E-state index contributed by atoms with van der Waals surface area (Å²) in [5.74, 6) is 0.644. The highest BCUT2D eigenvalue weighted by molar-refractivity contribution is 6.03. The summed E-state index contributed by atoms with van der Waals surface area (Å²) in [4.78, 5) is 16.7. The van der Waals surface area contributed by atoms with Crippen molar-refractivity contribution in [3.05, 3.63) is 83.2 Å². The van der Waals surface area contributed by atoms with Gasteiger partial charge in [0.25, 0.3) is 5.91 Å². The highest BCUT2D eigenvalue weighted by Crippen LogP contribution is 2.16. The molecular formula is C23H25N3O2. The molecule has 5 heteroatoms. The van der Waals surface area contributed by atoms with Gasteiger partial charge in [0.05, 0.1) is 19.0 Å². The van der Waals surface area contributed by atoms with E-state index in [0.29, 0.717) is 5.69 Å². The van der Waals surface area contributed by atoms with E-state index in [1.165, 1.54) is 5.56 Å². The first kappa shape index (κ1) is 19.4. The lowest BCUT2D eigenvalue weighted by molar-refractivity contribution is 0.102. The molecule has 0 aliphatic rings. The second-order valence-corrected chi connectivity index (χ2v) is 6.79. The molecule has 1 aromatic heterocycles. The largest absolute Gasteiger partial charge is 0.497 e. The number of anilines is 2. The number of benzene rings is 2. The summed E-state index contributed by atoms with van der Waals surface area (Å²) in [6.07, 6.45) is 2.57. The topological polar surface area (TPSA) is 63.2 Å². The molecule has 0 aliphatic carbocycles. The predicted molar refractivity (Wildman–Crippen MR) is 113 cm³/mol. The minimum atomic E-state index is -0.213. The van der Waals surface area contributed by atoms with Crippen molar-refractivity contribution >= 4 is 17.3 Å². The van der Waals surface area contributed by atoms with Gasteiger partial charge < -0.3 is 15.4 Å². The minimum absolute atomic E-state index is 0.213. The molecule has 2 aromatic carbocycles. The van der Waals surface area contributed by atoms with Crippen molar-refractivity contribution in [1.82, 2.24) is 4.98 Å². The molecule has 0 saturated carbocycles. The van der Waals surface area contributed by atoms with Gasteiger partial charge in [-0.1, -0.05) is 18.2 Å². The standard InChI is InChI=1S/C23H25N3O2/c1-16-12-17(2)14-20(13-16)26-23(27)22-9-6-19(15-25-22)24-11-10-18-4-7-21(28-3)8-5-18/h4-9,12-15,24H,10-11H2,1-3H3,(H,26,27). The molecule has 28 heavy (non-hydrogen) atoms. The van der Waals surface area contributed by atoms with E-state index in [1.807, 2.05) is 44.2 Å². The zero-order valence-electron chi connectivity index (χ0n) is 16.5. The highest BCUT2D eigenvalue weighted by Gasteiger charge is 2.08. The molecule has 0 fully saturated rings. The fourth-order valence-corrected chi connectivity index (χ4v) is 3.02. The first-order valence-corrected chi connectivity index (χ1v) is 9.26. The molecule has 3 aromatic rings. The number of hydrogen-bond acceptors (Lipinski definition) is 4. The number of carbonyl (C=O) groups excluding carboxylic acids is 1. The van der Waals surface area contributed by atoms with E-state index in [4.69, 9.17) is 4.74 Å². The van der Waals surface area contributed by atoms with E-state index in [9.17, 15) is 4.79 Å². The van der Waals surface area contributed by atoms with Crippen LogP contribution in [-0.4, -0.2) is 24.5 Å². The maximum absolute atomic E-state index is 12.4. The van der Waals surface area contributed by atoms with E-state index in [1.54, 1.807) is 19.4 Å². The normalized spacial score (nSPS) is 10.4. The summed E-state index contributed by atoms with van der Waals surface area (Å²) in [5.41, 5.74) is 5.51. The lowest BCUT2D eigenvalue weighted by Gasteiger charge is -2.09. The lowest BCUT2D eigenvalue weighted by Crippen LogP contribution is -2.14. The summed E-state index contributed by atoms with van der Waals surface area (Å²) in [5, 5.41) is 6.23. The van der Waals surface area contributed by atoms with Crippen LogP contribution in [0.5, 0.6) is 5.75 Å². The second kappa shape index (κ2) is 9.04. The van der Waals surface area contributed by atoms with Gasteiger partial charge in [-0.25, -0.2) is 4.98 Å². The number of pyridine rings is 1. The molecule has 0 unspecified atom stereocenters. The molecule has 0 radical (unpaired) electrons. The monoisotopic (exact) mass is 375 g/mol. The Bertz CT molecular complexity index is 915. The molecule has 5 nitrogen and oxygen atoms in total. The van der Waals surface area contributed by atoms with E-state index in [2.05, 4.69) is 33.8 Å². The van der Waals surface area contributed by atoms with Crippen LogP contribution in [0.15, 0.2) is 60.8 Å². The van der Waals surface area contributed by atoms with Crippen LogP contribution in [0.2, 0.25) is 0 Å². The minimum Gasteiger partial charge on any atom is -0.497 e. The Hall–Kier alpha value is -3.34. The number of ether oxygens (including phenoxy) is 1. The number of rotatable bonds is 7. The van der Waals surface area contributed by atoms with Gasteiger partial charge in [0, 0.05) is 12.2 Å². The number of nitrogens with one attached hydrogen (secondary N) is 2. The summed E-state index contributed by atoms with van der Waals surface area (Å²) in [6.45, 7) is 4.79. The number of aryl methyl sites for hydroxylation is 2. The highest BCUT2D eigenvalue weighted by atomic mass is 16.5. The zero-order chi connectivity index (χ0) is 19.9. The number of amides is 1. The van der Waals surface area contributed by atoms with Crippen molar-refractivity contribution < 1.29 is 9.53 Å². The van der Waals surface area contributed by atoms with Gasteiger partial charge in [-0.3, -0.25) is 4.79 Å². The smallest absolute Gasteiger partial charge is 0.274 e. The van der Waals surface area contributed by atoms with Crippen LogP contribution in [0, 0.1) is 13.8 Å². The lowest BCUT2D eigenvalue weighted by atomic mass is 10.1. The molecule has 1 heterocycles. The SMILES string of the molecule is COc1ccc(CCNc2ccc(C(=O)Nc3cc(C)cc(C)c3)nc2)cc1. The summed E-state index contributed by atoms with van der Waals surface area (Å²) >= 11 is 0. The van der Waals surface area contributed by atoms with Crippen LogP contribution in [0.4, 0.5) is 11.4 Å². The van der Waals surface area contributed by atoms with Crippen molar-refractivity contribution in [1.29, 1.82) is 0 Å². The van der Waals surface area contributed by atoms with Crippen molar-refractivity contribution in [2.45, 2.75) is 20.3 Å². The third-order valence-corrected chi connectivity index (χ3v) is 4.38. The summed E-state index contributed by atoms with van der Waals surface area (Å²) in [6, 6.07) is 17.6. The summed E-state index contributed by atoms with van der Waals surface area (Å²) < 4.78 is 5.17. The molecule has 1 amide bonds.